The molecule has 11 aromatic rings. The van der Waals surface area contributed by atoms with Gasteiger partial charge in [-0.25, -0.2) is 0 Å². The van der Waals surface area contributed by atoms with Crippen LogP contribution in [0.3, 0.4) is 0 Å². The molecule has 0 spiro atoms. The number of aromatic nitrogens is 3. The number of nitrogens with zero attached hydrogens (tertiary/aromatic N) is 5. The highest BCUT2D eigenvalue weighted by molar-refractivity contribution is 8.26. The van der Waals surface area contributed by atoms with E-state index in [1.807, 2.05) is 12.1 Å². The molecule has 0 aliphatic carbocycles. The zero-order valence-electron chi connectivity index (χ0n) is 51.0. The van der Waals surface area contributed by atoms with E-state index in [9.17, 15) is 14.7 Å². The van der Waals surface area contributed by atoms with Crippen LogP contribution in [0.15, 0.2) is 160 Å². The highest BCUT2D eigenvalue weighted by Crippen LogP contribution is 2.51. The Balaban J connectivity index is 1.02. The minimum Gasteiger partial charge on any atom is -0.480 e. The Hall–Kier alpha value is -7.57. The molecule has 2 aliphatic heterocycles. The first-order chi connectivity index (χ1) is 40.2. The molecule has 0 atom stereocenters. The second-order valence-corrected chi connectivity index (χ2v) is 30.2. The zero-order valence-corrected chi connectivity index (χ0v) is 53.4. The first-order valence-electron chi connectivity index (χ1n) is 29.7. The molecular weight excluding hydrogens is 1100 g/mol. The molecule has 8 nitrogen and oxygen atoms in total. The molecule has 3 aromatic heterocycles. The van der Waals surface area contributed by atoms with Gasteiger partial charge < -0.3 is 23.7 Å². The van der Waals surface area contributed by atoms with Crippen LogP contribution < -0.4 is 4.90 Å². The molecule has 0 saturated carbocycles. The molecule has 85 heavy (non-hydrogen) atoms. The third-order valence-corrected chi connectivity index (χ3v) is 19.9. The highest BCUT2D eigenvalue weighted by Gasteiger charge is 2.34. The summed E-state index contributed by atoms with van der Waals surface area (Å²) >= 11 is 8.34. The minimum absolute atomic E-state index is 0.0182. The number of thiocarbonyl (C=S) groups is 1. The summed E-state index contributed by atoms with van der Waals surface area (Å²) < 4.78 is 7.66. The van der Waals surface area contributed by atoms with Gasteiger partial charge in [-0.2, -0.15) is 0 Å². The van der Waals surface area contributed by atoms with Crippen LogP contribution in [0.5, 0.6) is 0 Å². The Bertz CT molecular complexity index is 4350. The van der Waals surface area contributed by atoms with Crippen LogP contribution in [0.2, 0.25) is 0 Å². The maximum atomic E-state index is 13.4. The molecule has 8 aromatic carbocycles. The number of thioether (sulfide) groups is 1. The third-order valence-electron chi connectivity index (χ3n) is 17.4. The number of amides is 1. The average molecular weight is 1180 g/mol. The molecule has 0 unspecified atom stereocenters. The molecule has 1 N–H and O–H groups in total. The topological polar surface area (TPSA) is 75.6 Å². The molecule has 5 heterocycles. The van der Waals surface area contributed by atoms with Crippen molar-refractivity contribution in [1.82, 2.24) is 18.6 Å². The number of aliphatic carboxylic acids is 1. The molecule has 430 valence electrons. The van der Waals surface area contributed by atoms with Crippen molar-refractivity contribution in [2.75, 3.05) is 18.0 Å². The van der Waals surface area contributed by atoms with Crippen LogP contribution in [0.25, 0.3) is 88.6 Å². The van der Waals surface area contributed by atoms with Gasteiger partial charge in [0.05, 0.1) is 49.4 Å². The van der Waals surface area contributed by atoms with Gasteiger partial charge >= 0.3 is 5.97 Å². The number of hydrogen-bond acceptors (Lipinski definition) is 6. The van der Waals surface area contributed by atoms with Crippen molar-refractivity contribution in [1.29, 1.82) is 0 Å². The number of carboxylic acid groups (broad SMARTS) is 1. The number of fused-ring (bicyclic) bond motifs is 11. The third kappa shape index (κ3) is 9.75. The van der Waals surface area contributed by atoms with Crippen molar-refractivity contribution in [2.24, 2.45) is 0 Å². The molecule has 0 bridgehead atoms. The number of rotatable bonds is 9. The van der Waals surface area contributed by atoms with Gasteiger partial charge in [0.15, 0.2) is 0 Å². The molecule has 13 rings (SSSR count). The van der Waals surface area contributed by atoms with Gasteiger partial charge in [0.2, 0.25) is 0 Å². The number of carbonyl (C=O) groups is 2. The Morgan fingerprint density at radius 3 is 1.24 bits per heavy atom. The van der Waals surface area contributed by atoms with Gasteiger partial charge in [0.25, 0.3) is 5.91 Å². The van der Waals surface area contributed by atoms with Crippen LogP contribution >= 0.6 is 35.7 Å². The van der Waals surface area contributed by atoms with Crippen LogP contribution in [-0.2, 0) is 31.2 Å². The van der Waals surface area contributed by atoms with E-state index in [-0.39, 0.29) is 31.9 Å². The lowest BCUT2D eigenvalue weighted by atomic mass is 9.85. The van der Waals surface area contributed by atoms with Gasteiger partial charge in [0.1, 0.15) is 10.9 Å². The predicted molar refractivity (Wildman–Crippen MR) is 364 cm³/mol. The van der Waals surface area contributed by atoms with Crippen LogP contribution in [0.1, 0.15) is 131 Å². The van der Waals surface area contributed by atoms with Crippen molar-refractivity contribution in [3.63, 3.8) is 0 Å². The van der Waals surface area contributed by atoms with Crippen LogP contribution in [-0.4, -0.2) is 53.0 Å². The lowest BCUT2D eigenvalue weighted by molar-refractivity contribution is -0.140. The minimum atomic E-state index is -1.10. The van der Waals surface area contributed by atoms with Gasteiger partial charge in [0, 0.05) is 65.7 Å². The first-order valence-corrected chi connectivity index (χ1v) is 31.8. The van der Waals surface area contributed by atoms with E-state index < -0.39 is 12.5 Å². The summed E-state index contributed by atoms with van der Waals surface area (Å²) in [4.78, 5) is 31.3. The van der Waals surface area contributed by atoms with Crippen molar-refractivity contribution in [2.45, 2.75) is 134 Å². The smallest absolute Gasteiger partial charge is 0.323 e. The lowest BCUT2D eigenvalue weighted by Gasteiger charge is -2.33. The Morgan fingerprint density at radius 2 is 0.835 bits per heavy atom. The summed E-state index contributed by atoms with van der Waals surface area (Å²) in [5.41, 5.74) is 18.5. The molecule has 1 amide bonds. The number of hydrogen-bond donors (Lipinski definition) is 1. The van der Waals surface area contributed by atoms with E-state index in [0.717, 1.165) is 102 Å². The molecule has 1 saturated heterocycles. The van der Waals surface area contributed by atoms with Crippen molar-refractivity contribution < 1.29 is 14.7 Å². The number of anilines is 2. The summed E-state index contributed by atoms with van der Waals surface area (Å²) in [7, 11) is 0. The highest BCUT2D eigenvalue weighted by atomic mass is 32.2. The SMILES string of the molecule is CCCCN1c2ccc(/C=C3\SC(=S)N(CC(=O)O)C3=O)cc2Sc2cc(-n3c4ccc(-n5c6ccc(C(C)(C)C)cc6c6cc(C(C)(C)C)ccc65)cc4c4cc(-n5c6ccc(C(C)(C)C)cc6c6cc(C(C)(C)C)ccc65)ccc43)ccc21. The second-order valence-electron chi connectivity index (χ2n) is 27.5. The quantitative estimate of drug-likeness (QED) is 0.114. The normalized spacial score (nSPS) is 14.9. The summed E-state index contributed by atoms with van der Waals surface area (Å²) in [5, 5.41) is 16.9. The lowest BCUT2D eigenvalue weighted by Crippen LogP contribution is -2.33. The summed E-state index contributed by atoms with van der Waals surface area (Å²) in [5.74, 6) is -1.48. The van der Waals surface area contributed by atoms with Crippen molar-refractivity contribution >= 4 is 135 Å². The summed E-state index contributed by atoms with van der Waals surface area (Å²) in [6.07, 6.45) is 3.89. The van der Waals surface area contributed by atoms with Gasteiger partial charge in [-0.3, -0.25) is 14.5 Å². The standard InChI is InChI=1S/C74H73N5O3S3/c1-14-15-32-75-63-24-16-43(34-67-69(82)76(42-68(80)81)70(83)85-67)33-65(63)84-66-41-50(23-31-64(66)75)79-61-29-21-48(77-57-25-17-44(71(2,3)4)35-51(57)52-36-45(72(5,6)7)18-26-58(52)77)39-55(61)56-40-49(22-30-62(56)79)78-59-27-19-46(73(8,9)10)37-53(59)54-38-47(74(11,12)13)20-28-60(54)78/h16-31,33-41H,14-15,32,42H2,1-13H3,(H,80,81)/b67-34-. The van der Waals surface area contributed by atoms with Crippen LogP contribution in [0.4, 0.5) is 11.4 Å². The number of benzene rings is 8. The number of carbonyl (C=O) groups excluding carboxylic acids is 1. The largest absolute Gasteiger partial charge is 0.480 e. The number of carboxylic acids is 1. The van der Waals surface area contributed by atoms with Crippen molar-refractivity contribution in [3.05, 3.63) is 178 Å². The Kier molecular flexibility index (Phi) is 13.5. The Labute approximate surface area is 512 Å². The fourth-order valence-corrected chi connectivity index (χ4v) is 15.1. The predicted octanol–water partition coefficient (Wildman–Crippen LogP) is 19.9. The first kappa shape index (κ1) is 56.6. The molecule has 2 aliphatic rings. The van der Waals surface area contributed by atoms with E-state index in [4.69, 9.17) is 12.2 Å². The maximum absolute atomic E-state index is 13.4. The molecular formula is C74H73N5O3S3. The van der Waals surface area contributed by atoms with Gasteiger partial charge in [-0.15, -0.1) is 0 Å². The van der Waals surface area contributed by atoms with E-state index in [1.54, 1.807) is 11.8 Å². The van der Waals surface area contributed by atoms with Gasteiger partial charge in [-0.1, -0.05) is 163 Å². The number of unbranched alkanes of at least 4 members (excludes halogenated alkanes) is 1. The zero-order chi connectivity index (χ0) is 60.0. The van der Waals surface area contributed by atoms with E-state index in [0.29, 0.717) is 4.91 Å². The van der Waals surface area contributed by atoms with Crippen molar-refractivity contribution in [3.8, 4) is 17.1 Å². The van der Waals surface area contributed by atoms with E-state index >= 15 is 0 Å². The van der Waals surface area contributed by atoms with Crippen LogP contribution in [0, 0.1) is 0 Å². The summed E-state index contributed by atoms with van der Waals surface area (Å²) in [6, 6.07) is 55.7. The monoisotopic (exact) mass is 1180 g/mol. The summed E-state index contributed by atoms with van der Waals surface area (Å²) in [6.45, 7) is 30.2. The fraction of sp³-hybridized carbons (Fsp3) is 0.284. The van der Waals surface area contributed by atoms with E-state index in [1.165, 1.54) is 65.9 Å². The Morgan fingerprint density at radius 1 is 0.471 bits per heavy atom. The molecule has 0 radical (unpaired) electrons. The maximum Gasteiger partial charge on any atom is 0.323 e. The second kappa shape index (κ2) is 20.3. The van der Waals surface area contributed by atoms with Gasteiger partial charge in [-0.05, 0) is 177 Å². The average Bonchev–Trinajstić information content (AvgIpc) is 1.66. The van der Waals surface area contributed by atoms with E-state index in [2.05, 4.69) is 248 Å². The molecule has 1 fully saturated rings. The fourth-order valence-electron chi connectivity index (χ4n) is 12.6. The molecule has 11 heteroatoms.